The highest BCUT2D eigenvalue weighted by atomic mass is 15.2. The molecule has 1 fully saturated rings. The van der Waals surface area contributed by atoms with E-state index in [4.69, 9.17) is 0 Å². The monoisotopic (exact) mass is 218 g/mol. The van der Waals surface area contributed by atoms with E-state index in [1.807, 2.05) is 0 Å². The summed E-state index contributed by atoms with van der Waals surface area (Å²) in [7, 11) is 0. The summed E-state index contributed by atoms with van der Waals surface area (Å²) in [5.74, 6) is 0. The van der Waals surface area contributed by atoms with E-state index in [0.29, 0.717) is 12.1 Å². The molecule has 2 heteroatoms. The summed E-state index contributed by atoms with van der Waals surface area (Å²) in [6.07, 6.45) is 1.14. The van der Waals surface area contributed by atoms with Crippen molar-refractivity contribution in [2.75, 3.05) is 19.6 Å². The molecule has 16 heavy (non-hydrogen) atoms. The molecule has 2 rings (SSSR count). The highest BCUT2D eigenvalue weighted by molar-refractivity contribution is 5.16. The summed E-state index contributed by atoms with van der Waals surface area (Å²) in [4.78, 5) is 2.56. The molecule has 1 aromatic rings. The van der Waals surface area contributed by atoms with E-state index >= 15 is 0 Å². The van der Waals surface area contributed by atoms with Gasteiger partial charge in [0.05, 0.1) is 0 Å². The van der Waals surface area contributed by atoms with Crippen molar-refractivity contribution in [3.8, 4) is 0 Å². The molecule has 0 amide bonds. The molecular formula is C14H22N2. The Bertz CT molecular complexity index is 308. The fraction of sp³-hybridized carbons (Fsp3) is 0.571. The lowest BCUT2D eigenvalue weighted by atomic mass is 10.0. The lowest BCUT2D eigenvalue weighted by Crippen LogP contribution is -2.53. The highest BCUT2D eigenvalue weighted by Crippen LogP contribution is 2.09. The summed E-state index contributed by atoms with van der Waals surface area (Å²) >= 11 is 0. The Kier molecular flexibility index (Phi) is 3.97. The molecule has 1 N–H and O–H groups in total. The van der Waals surface area contributed by atoms with Crippen molar-refractivity contribution in [2.24, 2.45) is 0 Å². The van der Waals surface area contributed by atoms with Crippen LogP contribution in [0, 0.1) is 0 Å². The van der Waals surface area contributed by atoms with Crippen LogP contribution in [-0.4, -0.2) is 36.6 Å². The largest absolute Gasteiger partial charge is 0.311 e. The molecule has 0 aliphatic carbocycles. The summed E-state index contributed by atoms with van der Waals surface area (Å²) in [6.45, 7) is 8.04. The number of rotatable bonds is 3. The second-order valence-corrected chi connectivity index (χ2v) is 4.93. The van der Waals surface area contributed by atoms with E-state index in [9.17, 15) is 0 Å². The fourth-order valence-electron chi connectivity index (χ4n) is 2.36. The van der Waals surface area contributed by atoms with Crippen molar-refractivity contribution in [3.05, 3.63) is 35.9 Å². The number of nitrogens with zero attached hydrogens (tertiary/aromatic N) is 1. The second kappa shape index (κ2) is 5.46. The van der Waals surface area contributed by atoms with Gasteiger partial charge < -0.3 is 5.32 Å². The molecule has 1 aliphatic rings. The van der Waals surface area contributed by atoms with Crippen LogP contribution in [0.15, 0.2) is 30.3 Å². The summed E-state index contributed by atoms with van der Waals surface area (Å²) in [5, 5.41) is 3.61. The molecule has 2 nitrogen and oxygen atoms in total. The average molecular weight is 218 g/mol. The quantitative estimate of drug-likeness (QED) is 0.834. The standard InChI is InChI=1S/C14H22N2/c1-12(2)16-9-8-15-14(11-16)10-13-6-4-3-5-7-13/h3-7,12,14-15H,8-11H2,1-2H3. The molecular weight excluding hydrogens is 196 g/mol. The van der Waals surface area contributed by atoms with Gasteiger partial charge in [-0.25, -0.2) is 0 Å². The molecule has 1 heterocycles. The Morgan fingerprint density at radius 2 is 2.06 bits per heavy atom. The minimum absolute atomic E-state index is 0.610. The van der Waals surface area contributed by atoms with Gasteiger partial charge in [-0.1, -0.05) is 30.3 Å². The smallest absolute Gasteiger partial charge is 0.0236 e. The Morgan fingerprint density at radius 1 is 1.31 bits per heavy atom. The SMILES string of the molecule is CC(C)N1CCNC(Cc2ccccc2)C1. The second-order valence-electron chi connectivity index (χ2n) is 4.93. The third-order valence-corrected chi connectivity index (χ3v) is 3.34. The third-order valence-electron chi connectivity index (χ3n) is 3.34. The normalized spacial score (nSPS) is 22.6. The Hall–Kier alpha value is -0.860. The van der Waals surface area contributed by atoms with Crippen LogP contribution in [0.2, 0.25) is 0 Å². The molecule has 1 unspecified atom stereocenters. The summed E-state index contributed by atoms with van der Waals surface area (Å²) in [5.41, 5.74) is 1.44. The van der Waals surface area contributed by atoms with Crippen molar-refractivity contribution in [3.63, 3.8) is 0 Å². The van der Waals surface area contributed by atoms with E-state index in [-0.39, 0.29) is 0 Å². The number of piperazine rings is 1. The van der Waals surface area contributed by atoms with Crippen LogP contribution in [0.4, 0.5) is 0 Å². The molecule has 1 saturated heterocycles. The van der Waals surface area contributed by atoms with Crippen molar-refractivity contribution in [1.82, 2.24) is 10.2 Å². The topological polar surface area (TPSA) is 15.3 Å². The van der Waals surface area contributed by atoms with E-state index < -0.39 is 0 Å². The van der Waals surface area contributed by atoms with Crippen LogP contribution in [-0.2, 0) is 6.42 Å². The molecule has 0 saturated carbocycles. The van der Waals surface area contributed by atoms with Gasteiger partial charge in [-0.15, -0.1) is 0 Å². The zero-order valence-electron chi connectivity index (χ0n) is 10.3. The van der Waals surface area contributed by atoms with Gasteiger partial charge in [0.1, 0.15) is 0 Å². The molecule has 0 bridgehead atoms. The minimum atomic E-state index is 0.610. The van der Waals surface area contributed by atoms with Crippen molar-refractivity contribution >= 4 is 0 Å². The first-order valence-corrected chi connectivity index (χ1v) is 6.27. The molecule has 1 aromatic carbocycles. The zero-order chi connectivity index (χ0) is 11.4. The number of benzene rings is 1. The maximum atomic E-state index is 3.61. The van der Waals surface area contributed by atoms with Gasteiger partial charge >= 0.3 is 0 Å². The average Bonchev–Trinajstić information content (AvgIpc) is 2.30. The van der Waals surface area contributed by atoms with Gasteiger partial charge in [0, 0.05) is 31.7 Å². The summed E-state index contributed by atoms with van der Waals surface area (Å²) in [6, 6.07) is 12.0. The Balaban J connectivity index is 1.90. The van der Waals surface area contributed by atoms with Crippen molar-refractivity contribution in [2.45, 2.75) is 32.4 Å². The Labute approximate surface area is 98.7 Å². The molecule has 1 aliphatic heterocycles. The van der Waals surface area contributed by atoms with Gasteiger partial charge in [0.2, 0.25) is 0 Å². The zero-order valence-corrected chi connectivity index (χ0v) is 10.3. The van der Waals surface area contributed by atoms with Crippen molar-refractivity contribution < 1.29 is 0 Å². The molecule has 0 aromatic heterocycles. The maximum absolute atomic E-state index is 3.61. The van der Waals surface area contributed by atoms with Crippen LogP contribution < -0.4 is 5.32 Å². The molecule has 88 valence electrons. The molecule has 0 radical (unpaired) electrons. The first kappa shape index (κ1) is 11.6. The van der Waals surface area contributed by atoms with E-state index in [1.165, 1.54) is 18.7 Å². The third kappa shape index (κ3) is 3.06. The lowest BCUT2D eigenvalue weighted by Gasteiger charge is -2.36. The lowest BCUT2D eigenvalue weighted by molar-refractivity contribution is 0.161. The van der Waals surface area contributed by atoms with Gasteiger partial charge in [-0.05, 0) is 25.8 Å². The van der Waals surface area contributed by atoms with Gasteiger partial charge in [0.25, 0.3) is 0 Å². The maximum Gasteiger partial charge on any atom is 0.0236 e. The predicted molar refractivity (Wildman–Crippen MR) is 68.6 cm³/mol. The van der Waals surface area contributed by atoms with Crippen LogP contribution in [0.3, 0.4) is 0 Å². The van der Waals surface area contributed by atoms with Crippen molar-refractivity contribution in [1.29, 1.82) is 0 Å². The van der Waals surface area contributed by atoms with E-state index in [0.717, 1.165) is 13.0 Å². The molecule has 0 spiro atoms. The van der Waals surface area contributed by atoms with Crippen LogP contribution in [0.25, 0.3) is 0 Å². The van der Waals surface area contributed by atoms with Gasteiger partial charge in [-0.3, -0.25) is 4.90 Å². The van der Waals surface area contributed by atoms with E-state index in [2.05, 4.69) is 54.4 Å². The van der Waals surface area contributed by atoms with Gasteiger partial charge in [-0.2, -0.15) is 0 Å². The van der Waals surface area contributed by atoms with Crippen LogP contribution >= 0.6 is 0 Å². The number of hydrogen-bond donors (Lipinski definition) is 1. The van der Waals surface area contributed by atoms with Gasteiger partial charge in [0.15, 0.2) is 0 Å². The predicted octanol–water partition coefficient (Wildman–Crippen LogP) is 1.91. The first-order chi connectivity index (χ1) is 7.75. The summed E-state index contributed by atoms with van der Waals surface area (Å²) < 4.78 is 0. The first-order valence-electron chi connectivity index (χ1n) is 6.27. The number of nitrogens with one attached hydrogen (secondary N) is 1. The Morgan fingerprint density at radius 3 is 2.75 bits per heavy atom. The number of hydrogen-bond acceptors (Lipinski definition) is 2. The highest BCUT2D eigenvalue weighted by Gasteiger charge is 2.20. The van der Waals surface area contributed by atoms with Crippen LogP contribution in [0.1, 0.15) is 19.4 Å². The van der Waals surface area contributed by atoms with Crippen LogP contribution in [0.5, 0.6) is 0 Å². The van der Waals surface area contributed by atoms with E-state index in [1.54, 1.807) is 0 Å². The molecule has 1 atom stereocenters. The fourth-order valence-corrected chi connectivity index (χ4v) is 2.36. The minimum Gasteiger partial charge on any atom is -0.311 e.